The number of hydrogen-bond acceptors (Lipinski definition) is 6. The summed E-state index contributed by atoms with van der Waals surface area (Å²) in [7, 11) is -3.85. The average molecular weight is 224 g/mol. The first kappa shape index (κ1) is 13.1. The topological polar surface area (TPSA) is 86.7 Å². The molecule has 0 aromatic heterocycles. The number of hydrogen-bond donors (Lipinski definition) is 0. The molecule has 0 aromatic rings. The minimum Gasteiger partial charge on any atom is -0.464 e. The molecule has 0 aliphatic rings. The number of carbonyl (C=O) groups is 2. The van der Waals surface area contributed by atoms with E-state index < -0.39 is 28.0 Å². The van der Waals surface area contributed by atoms with Gasteiger partial charge in [0.05, 0.1) is 12.9 Å². The van der Waals surface area contributed by atoms with Gasteiger partial charge in [0.15, 0.2) is 5.78 Å². The third-order valence-corrected chi connectivity index (χ3v) is 1.68. The summed E-state index contributed by atoms with van der Waals surface area (Å²) < 4.78 is 30.1. The fourth-order valence-electron chi connectivity index (χ4n) is 0.666. The normalized spacial score (nSPS) is 13.4. The van der Waals surface area contributed by atoms with E-state index in [9.17, 15) is 18.0 Å². The van der Waals surface area contributed by atoms with Gasteiger partial charge in [-0.1, -0.05) is 0 Å². The van der Waals surface area contributed by atoms with Gasteiger partial charge < -0.3 is 4.74 Å². The number of ether oxygens (including phenoxy) is 1. The number of ketones is 1. The monoisotopic (exact) mass is 224 g/mol. The van der Waals surface area contributed by atoms with Crippen molar-refractivity contribution < 1.29 is 26.9 Å². The predicted octanol–water partition coefficient (Wildman–Crippen LogP) is -0.517. The molecule has 0 heterocycles. The summed E-state index contributed by atoms with van der Waals surface area (Å²) >= 11 is 0. The molecule has 7 heteroatoms. The van der Waals surface area contributed by atoms with Crippen molar-refractivity contribution >= 4 is 21.9 Å². The summed E-state index contributed by atoms with van der Waals surface area (Å²) in [5, 5.41) is 0. The Morgan fingerprint density at radius 1 is 1.36 bits per heavy atom. The van der Waals surface area contributed by atoms with Crippen molar-refractivity contribution in [2.75, 3.05) is 12.9 Å². The molecule has 0 bridgehead atoms. The second kappa shape index (κ2) is 5.06. The summed E-state index contributed by atoms with van der Waals surface area (Å²) in [5.74, 6) is -1.71. The summed E-state index contributed by atoms with van der Waals surface area (Å²) in [6, 6.07) is 0. The van der Waals surface area contributed by atoms with E-state index in [-0.39, 0.29) is 6.61 Å². The van der Waals surface area contributed by atoms with Gasteiger partial charge in [-0.05, 0) is 13.8 Å². The molecule has 0 amide bonds. The lowest BCUT2D eigenvalue weighted by atomic mass is 10.3. The molecule has 0 aliphatic heterocycles. The molecule has 0 saturated carbocycles. The highest BCUT2D eigenvalue weighted by molar-refractivity contribution is 7.86. The summed E-state index contributed by atoms with van der Waals surface area (Å²) in [5.41, 5.74) is 0. The standard InChI is InChI=1S/C7H12O6S/c1-4-12-7(9)6(5(2)8)13-14(3,10)11/h6H,4H2,1-3H3/t6-/m0/s1. The highest BCUT2D eigenvalue weighted by Gasteiger charge is 2.29. The molecule has 0 spiro atoms. The van der Waals surface area contributed by atoms with Crippen LogP contribution in [0.25, 0.3) is 0 Å². The lowest BCUT2D eigenvalue weighted by Crippen LogP contribution is -2.34. The maximum atomic E-state index is 11.0. The zero-order valence-corrected chi connectivity index (χ0v) is 8.96. The Morgan fingerprint density at radius 2 is 1.86 bits per heavy atom. The van der Waals surface area contributed by atoms with Gasteiger partial charge in [0.1, 0.15) is 0 Å². The van der Waals surface area contributed by atoms with Crippen LogP contribution in [0.2, 0.25) is 0 Å². The van der Waals surface area contributed by atoms with E-state index in [1.54, 1.807) is 0 Å². The molecule has 0 unspecified atom stereocenters. The van der Waals surface area contributed by atoms with Crippen LogP contribution in [0, 0.1) is 0 Å². The quantitative estimate of drug-likeness (QED) is 0.355. The fourth-order valence-corrected chi connectivity index (χ4v) is 1.23. The van der Waals surface area contributed by atoms with E-state index in [2.05, 4.69) is 8.92 Å². The van der Waals surface area contributed by atoms with E-state index in [4.69, 9.17) is 0 Å². The Labute approximate surface area is 82.3 Å². The first-order chi connectivity index (χ1) is 6.28. The second-order valence-corrected chi connectivity index (χ2v) is 4.14. The largest absolute Gasteiger partial charge is 0.464 e. The Balaban J connectivity index is 4.62. The van der Waals surface area contributed by atoms with Gasteiger partial charge in [0, 0.05) is 0 Å². The molecule has 1 atom stereocenters. The molecular weight excluding hydrogens is 212 g/mol. The van der Waals surface area contributed by atoms with Gasteiger partial charge >= 0.3 is 5.97 Å². The van der Waals surface area contributed by atoms with Crippen LogP contribution in [0.4, 0.5) is 0 Å². The minimum absolute atomic E-state index is 0.0513. The zero-order valence-electron chi connectivity index (χ0n) is 8.14. The maximum Gasteiger partial charge on any atom is 0.344 e. The molecule has 14 heavy (non-hydrogen) atoms. The molecule has 0 radical (unpaired) electrons. The van der Waals surface area contributed by atoms with Gasteiger partial charge in [-0.2, -0.15) is 8.42 Å². The average Bonchev–Trinajstić information content (AvgIpc) is 1.98. The van der Waals surface area contributed by atoms with Gasteiger partial charge in [0.25, 0.3) is 10.1 Å². The Kier molecular flexibility index (Phi) is 4.72. The van der Waals surface area contributed by atoms with Gasteiger partial charge in [-0.25, -0.2) is 8.98 Å². The van der Waals surface area contributed by atoms with Crippen molar-refractivity contribution in [1.29, 1.82) is 0 Å². The number of rotatable bonds is 5. The van der Waals surface area contributed by atoms with Crippen molar-refractivity contribution in [3.63, 3.8) is 0 Å². The smallest absolute Gasteiger partial charge is 0.344 e. The van der Waals surface area contributed by atoms with Gasteiger partial charge in [0.2, 0.25) is 6.10 Å². The fraction of sp³-hybridized carbons (Fsp3) is 0.714. The van der Waals surface area contributed by atoms with Crippen LogP contribution in [0.3, 0.4) is 0 Å². The van der Waals surface area contributed by atoms with Crippen LogP contribution >= 0.6 is 0 Å². The second-order valence-electron chi connectivity index (χ2n) is 2.54. The first-order valence-electron chi connectivity index (χ1n) is 3.83. The van der Waals surface area contributed by atoms with Crippen molar-refractivity contribution in [1.82, 2.24) is 0 Å². The van der Waals surface area contributed by atoms with Crippen molar-refractivity contribution in [3.8, 4) is 0 Å². The summed E-state index contributed by atoms with van der Waals surface area (Å²) in [4.78, 5) is 21.9. The third kappa shape index (κ3) is 4.93. The molecule has 0 rings (SSSR count). The zero-order chi connectivity index (χ0) is 11.4. The molecule has 0 saturated heterocycles. The molecule has 0 N–H and O–H groups in total. The van der Waals surface area contributed by atoms with E-state index in [1.807, 2.05) is 0 Å². The Bertz CT molecular complexity index is 317. The first-order valence-corrected chi connectivity index (χ1v) is 5.65. The highest BCUT2D eigenvalue weighted by atomic mass is 32.2. The van der Waals surface area contributed by atoms with Crippen LogP contribution in [-0.4, -0.2) is 39.1 Å². The SMILES string of the molecule is CCOC(=O)[C@@H](OS(C)(=O)=O)C(C)=O. The molecular formula is C7H12O6S. The van der Waals surface area contributed by atoms with Crippen molar-refractivity contribution in [3.05, 3.63) is 0 Å². The minimum atomic E-state index is -3.85. The molecule has 0 fully saturated rings. The number of carbonyl (C=O) groups excluding carboxylic acids is 2. The molecule has 0 aliphatic carbocycles. The molecule has 82 valence electrons. The maximum absolute atomic E-state index is 11.0. The van der Waals surface area contributed by atoms with E-state index in [1.165, 1.54) is 6.92 Å². The summed E-state index contributed by atoms with van der Waals surface area (Å²) in [6.07, 6.45) is -0.938. The highest BCUT2D eigenvalue weighted by Crippen LogP contribution is 2.02. The van der Waals surface area contributed by atoms with Crippen molar-refractivity contribution in [2.45, 2.75) is 20.0 Å². The molecule has 6 nitrogen and oxygen atoms in total. The number of esters is 1. The van der Waals surface area contributed by atoms with Gasteiger partial charge in [-0.15, -0.1) is 0 Å². The van der Waals surface area contributed by atoms with Crippen LogP contribution in [-0.2, 0) is 28.6 Å². The Morgan fingerprint density at radius 3 is 2.14 bits per heavy atom. The van der Waals surface area contributed by atoms with Gasteiger partial charge in [-0.3, -0.25) is 4.79 Å². The lowest BCUT2D eigenvalue weighted by Gasteiger charge is -2.11. The van der Waals surface area contributed by atoms with E-state index in [0.29, 0.717) is 0 Å². The predicted molar refractivity (Wildman–Crippen MR) is 47.0 cm³/mol. The Hall–Kier alpha value is -0.950. The number of Topliss-reactive ketones (excluding diaryl/α,β-unsaturated/α-hetero) is 1. The van der Waals surface area contributed by atoms with Crippen LogP contribution in [0.15, 0.2) is 0 Å². The van der Waals surface area contributed by atoms with E-state index in [0.717, 1.165) is 13.2 Å². The lowest BCUT2D eigenvalue weighted by molar-refractivity contribution is -0.154. The summed E-state index contributed by atoms with van der Waals surface area (Å²) in [6.45, 7) is 2.64. The third-order valence-electron chi connectivity index (χ3n) is 1.14. The van der Waals surface area contributed by atoms with Crippen molar-refractivity contribution in [2.24, 2.45) is 0 Å². The van der Waals surface area contributed by atoms with Crippen LogP contribution in [0.5, 0.6) is 0 Å². The van der Waals surface area contributed by atoms with E-state index >= 15 is 0 Å². The van der Waals surface area contributed by atoms with Crippen LogP contribution < -0.4 is 0 Å². The van der Waals surface area contributed by atoms with Crippen LogP contribution in [0.1, 0.15) is 13.8 Å². The molecule has 0 aromatic carbocycles.